The van der Waals surface area contributed by atoms with Crippen LogP contribution in [0.3, 0.4) is 0 Å². The largest absolute Gasteiger partial charge is 0.412 e. The molecule has 1 aromatic rings. The van der Waals surface area contributed by atoms with Gasteiger partial charge in [0.1, 0.15) is 5.82 Å². The van der Waals surface area contributed by atoms with Crippen LogP contribution >= 0.6 is 0 Å². The lowest BCUT2D eigenvalue weighted by Gasteiger charge is -2.22. The van der Waals surface area contributed by atoms with Crippen LogP contribution in [0.1, 0.15) is 37.3 Å². The molecule has 0 unspecified atom stereocenters. The van der Waals surface area contributed by atoms with Gasteiger partial charge in [-0.15, -0.1) is 0 Å². The summed E-state index contributed by atoms with van der Waals surface area (Å²) < 4.78 is 57.4. The fourth-order valence-electron chi connectivity index (χ4n) is 2.41. The van der Waals surface area contributed by atoms with Gasteiger partial charge < -0.3 is 10.1 Å². The lowest BCUT2D eigenvalue weighted by atomic mass is 10.1. The van der Waals surface area contributed by atoms with Gasteiger partial charge in [-0.3, -0.25) is 4.79 Å². The maximum atomic E-state index is 13.1. The van der Waals surface area contributed by atoms with E-state index in [2.05, 4.69) is 0 Å². The van der Waals surface area contributed by atoms with Gasteiger partial charge >= 0.3 is 6.18 Å². The Kier molecular flexibility index (Phi) is 5.39. The van der Waals surface area contributed by atoms with E-state index in [1.807, 2.05) is 5.32 Å². The van der Waals surface area contributed by atoms with Crippen molar-refractivity contribution < 1.29 is 27.1 Å². The standard InChI is InChI=1S/C15H17F4NO2/c16-11-5-3-10(4-6-11)14(15(17,18)19)20-13(21)8-7-12-2-1-9-22-12/h3-6,12,14H,1-2,7-9H2,(H,20,21)/t12-,14+/m1/s1. The molecule has 2 atom stereocenters. The van der Waals surface area contributed by atoms with Crippen molar-refractivity contribution in [3.05, 3.63) is 35.6 Å². The molecule has 0 bridgehead atoms. The number of hydrogen-bond donors (Lipinski definition) is 1. The van der Waals surface area contributed by atoms with E-state index in [-0.39, 0.29) is 18.1 Å². The summed E-state index contributed by atoms with van der Waals surface area (Å²) in [6.45, 7) is 0.632. The van der Waals surface area contributed by atoms with Crippen molar-refractivity contribution in [2.75, 3.05) is 6.61 Å². The van der Waals surface area contributed by atoms with Gasteiger partial charge in [-0.05, 0) is 37.0 Å². The highest BCUT2D eigenvalue weighted by Gasteiger charge is 2.41. The van der Waals surface area contributed by atoms with Gasteiger partial charge in [-0.2, -0.15) is 13.2 Å². The number of benzene rings is 1. The second-order valence-electron chi connectivity index (χ2n) is 5.27. The molecule has 2 rings (SSSR count). The smallest absolute Gasteiger partial charge is 0.378 e. The Hall–Kier alpha value is -1.63. The lowest BCUT2D eigenvalue weighted by molar-refractivity contribution is -0.163. The van der Waals surface area contributed by atoms with E-state index >= 15 is 0 Å². The van der Waals surface area contributed by atoms with Crippen LogP contribution in [-0.4, -0.2) is 24.8 Å². The van der Waals surface area contributed by atoms with E-state index in [0.29, 0.717) is 13.0 Å². The first-order chi connectivity index (χ1) is 10.4. The van der Waals surface area contributed by atoms with Crippen LogP contribution in [0.15, 0.2) is 24.3 Å². The minimum atomic E-state index is -4.64. The first-order valence-electron chi connectivity index (χ1n) is 7.09. The molecular weight excluding hydrogens is 302 g/mol. The average molecular weight is 319 g/mol. The SMILES string of the molecule is O=C(CC[C@H]1CCCO1)N[C@@H](c1ccc(F)cc1)C(F)(F)F. The fourth-order valence-corrected chi connectivity index (χ4v) is 2.41. The minimum Gasteiger partial charge on any atom is -0.378 e. The maximum Gasteiger partial charge on any atom is 0.412 e. The molecule has 1 amide bonds. The Morgan fingerprint density at radius 2 is 2.00 bits per heavy atom. The van der Waals surface area contributed by atoms with Crippen molar-refractivity contribution in [1.29, 1.82) is 0 Å². The zero-order valence-corrected chi connectivity index (χ0v) is 11.8. The molecule has 1 aliphatic rings. The van der Waals surface area contributed by atoms with Crippen LogP contribution in [0.5, 0.6) is 0 Å². The van der Waals surface area contributed by atoms with Crippen LogP contribution in [0, 0.1) is 5.82 Å². The van der Waals surface area contributed by atoms with Crippen LogP contribution < -0.4 is 5.32 Å². The number of hydrogen-bond acceptors (Lipinski definition) is 2. The minimum absolute atomic E-state index is 0.0293. The van der Waals surface area contributed by atoms with Crippen molar-refractivity contribution in [3.63, 3.8) is 0 Å². The molecule has 1 fully saturated rings. The van der Waals surface area contributed by atoms with Crippen LogP contribution in [-0.2, 0) is 9.53 Å². The van der Waals surface area contributed by atoms with Gasteiger partial charge in [0.25, 0.3) is 0 Å². The summed E-state index contributed by atoms with van der Waals surface area (Å²) in [5, 5.41) is 1.97. The summed E-state index contributed by atoms with van der Waals surface area (Å²) >= 11 is 0. The normalized spacial score (nSPS) is 19.9. The number of amides is 1. The lowest BCUT2D eigenvalue weighted by Crippen LogP contribution is -2.38. The van der Waals surface area contributed by atoms with Crippen molar-refractivity contribution in [1.82, 2.24) is 5.32 Å². The molecule has 7 heteroatoms. The monoisotopic (exact) mass is 319 g/mol. The summed E-state index contributed by atoms with van der Waals surface area (Å²) in [6, 6.07) is 1.78. The Balaban J connectivity index is 1.97. The van der Waals surface area contributed by atoms with Gasteiger partial charge in [0.2, 0.25) is 5.91 Å². The summed E-state index contributed by atoms with van der Waals surface area (Å²) in [6.07, 6.45) is -2.59. The highest BCUT2D eigenvalue weighted by Crippen LogP contribution is 2.33. The van der Waals surface area contributed by atoms with E-state index in [9.17, 15) is 22.4 Å². The molecule has 1 aliphatic heterocycles. The van der Waals surface area contributed by atoms with Crippen LogP contribution in [0.4, 0.5) is 17.6 Å². The van der Waals surface area contributed by atoms with E-state index < -0.39 is 23.9 Å². The molecule has 22 heavy (non-hydrogen) atoms. The molecule has 1 heterocycles. The van der Waals surface area contributed by atoms with Crippen molar-refractivity contribution in [2.45, 2.75) is 44.0 Å². The van der Waals surface area contributed by atoms with E-state index in [1.54, 1.807) is 0 Å². The molecule has 0 saturated carbocycles. The molecule has 1 N–H and O–H groups in total. The second kappa shape index (κ2) is 7.09. The number of alkyl halides is 3. The first kappa shape index (κ1) is 16.7. The molecule has 0 aliphatic carbocycles. The Morgan fingerprint density at radius 3 is 2.55 bits per heavy atom. The van der Waals surface area contributed by atoms with Crippen LogP contribution in [0.2, 0.25) is 0 Å². The molecular formula is C15H17F4NO2. The number of carbonyl (C=O) groups is 1. The number of ether oxygens (including phenoxy) is 1. The zero-order valence-electron chi connectivity index (χ0n) is 11.8. The third kappa shape index (κ3) is 4.69. The summed E-state index contributed by atoms with van der Waals surface area (Å²) in [5.41, 5.74) is -0.195. The molecule has 122 valence electrons. The molecule has 1 saturated heterocycles. The number of nitrogens with one attached hydrogen (secondary N) is 1. The average Bonchev–Trinajstić information content (AvgIpc) is 2.96. The molecule has 0 spiro atoms. The third-order valence-corrected chi connectivity index (χ3v) is 3.55. The van der Waals surface area contributed by atoms with Crippen molar-refractivity contribution >= 4 is 5.91 Å². The van der Waals surface area contributed by atoms with Crippen molar-refractivity contribution in [2.24, 2.45) is 0 Å². The van der Waals surface area contributed by atoms with E-state index in [4.69, 9.17) is 4.74 Å². The van der Waals surface area contributed by atoms with Gasteiger partial charge in [-0.1, -0.05) is 12.1 Å². The Bertz CT molecular complexity index is 495. The van der Waals surface area contributed by atoms with E-state index in [1.165, 1.54) is 0 Å². The summed E-state index contributed by atoms with van der Waals surface area (Å²) in [5.74, 6) is -1.32. The fraction of sp³-hybridized carbons (Fsp3) is 0.533. The maximum absolute atomic E-state index is 13.1. The molecule has 3 nitrogen and oxygen atoms in total. The molecule has 1 aromatic carbocycles. The summed E-state index contributed by atoms with van der Waals surface area (Å²) in [4.78, 5) is 11.8. The topological polar surface area (TPSA) is 38.3 Å². The quantitative estimate of drug-likeness (QED) is 0.844. The predicted octanol–water partition coefficient (Wildman–Crippen LogP) is 3.50. The highest BCUT2D eigenvalue weighted by atomic mass is 19.4. The molecule has 0 aromatic heterocycles. The number of carbonyl (C=O) groups excluding carboxylic acids is 1. The number of rotatable bonds is 5. The zero-order chi connectivity index (χ0) is 16.2. The van der Waals surface area contributed by atoms with E-state index in [0.717, 1.165) is 37.1 Å². The second-order valence-corrected chi connectivity index (χ2v) is 5.27. The van der Waals surface area contributed by atoms with Crippen LogP contribution in [0.25, 0.3) is 0 Å². The Labute approximate surface area is 125 Å². The van der Waals surface area contributed by atoms with Gasteiger partial charge in [0.15, 0.2) is 6.04 Å². The molecule has 0 radical (unpaired) electrons. The van der Waals surface area contributed by atoms with Gasteiger partial charge in [-0.25, -0.2) is 4.39 Å². The number of halogens is 4. The third-order valence-electron chi connectivity index (χ3n) is 3.55. The van der Waals surface area contributed by atoms with Gasteiger partial charge in [0, 0.05) is 13.0 Å². The highest BCUT2D eigenvalue weighted by molar-refractivity contribution is 5.76. The summed E-state index contributed by atoms with van der Waals surface area (Å²) in [7, 11) is 0. The first-order valence-corrected chi connectivity index (χ1v) is 7.09. The van der Waals surface area contributed by atoms with Gasteiger partial charge in [0.05, 0.1) is 6.10 Å². The van der Waals surface area contributed by atoms with Crippen molar-refractivity contribution in [3.8, 4) is 0 Å². The Morgan fingerprint density at radius 1 is 1.32 bits per heavy atom. The predicted molar refractivity (Wildman–Crippen MR) is 71.5 cm³/mol.